The number of hydrogen-bond donors (Lipinski definition) is 2. The molecule has 0 saturated heterocycles. The van der Waals surface area contributed by atoms with Crippen molar-refractivity contribution in [3.8, 4) is 0 Å². The minimum Gasteiger partial charge on any atom is -0.354 e. The molecular formula is C6H6N6O3. The first-order chi connectivity index (χ1) is 7.24. The smallest absolute Gasteiger partial charge is 0.354 e. The van der Waals surface area contributed by atoms with Crippen molar-refractivity contribution in [2.24, 2.45) is 5.18 Å². The quantitative estimate of drug-likeness (QED) is 0.402. The Kier molecular flexibility index (Phi) is 2.21. The van der Waals surface area contributed by atoms with Crippen molar-refractivity contribution in [1.29, 1.82) is 0 Å². The van der Waals surface area contributed by atoms with Gasteiger partial charge in [0, 0.05) is 11.7 Å². The number of anilines is 1. The van der Waals surface area contributed by atoms with Crippen LogP contribution in [0.1, 0.15) is 10.5 Å². The zero-order valence-electron chi connectivity index (χ0n) is 7.43. The third kappa shape index (κ3) is 1.48. The van der Waals surface area contributed by atoms with E-state index in [1.54, 1.807) is 0 Å². The second-order valence-electron chi connectivity index (χ2n) is 2.78. The number of amides is 1. The molecule has 0 saturated carbocycles. The summed E-state index contributed by atoms with van der Waals surface area (Å²) in [5.74, 6) is -2.08. The zero-order chi connectivity index (χ0) is 10.8. The summed E-state index contributed by atoms with van der Waals surface area (Å²) in [5, 5.41) is 14.8. The molecule has 15 heavy (non-hydrogen) atoms. The molecule has 1 aromatic heterocycles. The molecule has 78 valence electrons. The Labute approximate surface area is 82.8 Å². The van der Waals surface area contributed by atoms with E-state index in [9.17, 15) is 14.5 Å². The fourth-order valence-electron chi connectivity index (χ4n) is 1.22. The maximum Gasteiger partial charge on any atom is 0.376 e. The van der Waals surface area contributed by atoms with Crippen LogP contribution in [0.4, 0.5) is 5.82 Å². The summed E-state index contributed by atoms with van der Waals surface area (Å²) < 4.78 is 0.762. The van der Waals surface area contributed by atoms with Gasteiger partial charge in [-0.05, 0) is 0 Å². The van der Waals surface area contributed by atoms with Gasteiger partial charge in [-0.25, -0.2) is 0 Å². The summed E-state index contributed by atoms with van der Waals surface area (Å²) in [6.45, 7) is 0.840. The summed E-state index contributed by atoms with van der Waals surface area (Å²) in [7, 11) is 0. The molecule has 1 aliphatic rings. The lowest BCUT2D eigenvalue weighted by molar-refractivity contribution is -0.114. The Balaban J connectivity index is 2.36. The predicted molar refractivity (Wildman–Crippen MR) is 46.8 cm³/mol. The van der Waals surface area contributed by atoms with Gasteiger partial charge in [0.1, 0.15) is 5.69 Å². The van der Waals surface area contributed by atoms with Crippen LogP contribution in [0.25, 0.3) is 0 Å². The lowest BCUT2D eigenvalue weighted by Crippen LogP contribution is -2.31. The number of carbonyl (C=O) groups is 2. The van der Waals surface area contributed by atoms with Gasteiger partial charge < -0.3 is 5.32 Å². The van der Waals surface area contributed by atoms with Crippen molar-refractivity contribution >= 4 is 17.6 Å². The van der Waals surface area contributed by atoms with Crippen LogP contribution in [0, 0.1) is 4.91 Å². The first kappa shape index (κ1) is 9.40. The maximum atomic E-state index is 11.3. The number of hydrogen-bond acceptors (Lipinski definition) is 7. The highest BCUT2D eigenvalue weighted by atomic mass is 16.3. The van der Waals surface area contributed by atoms with Gasteiger partial charge in [-0.2, -0.15) is 4.68 Å². The van der Waals surface area contributed by atoms with Crippen molar-refractivity contribution in [3.05, 3.63) is 10.6 Å². The Morgan fingerprint density at radius 2 is 2.27 bits per heavy atom. The number of nitroso groups, excluding NO2 is 1. The Hall–Kier alpha value is -2.16. The van der Waals surface area contributed by atoms with E-state index < -0.39 is 11.8 Å². The largest absolute Gasteiger partial charge is 0.376 e. The third-order valence-corrected chi connectivity index (χ3v) is 1.89. The van der Waals surface area contributed by atoms with Gasteiger partial charge >= 0.3 is 11.8 Å². The highest BCUT2D eigenvalue weighted by Crippen LogP contribution is 2.13. The third-order valence-electron chi connectivity index (χ3n) is 1.89. The molecule has 2 N–H and O–H groups in total. The number of rotatable bonds is 0. The van der Waals surface area contributed by atoms with Crippen LogP contribution >= 0.6 is 0 Å². The van der Waals surface area contributed by atoms with E-state index in [0.717, 1.165) is 4.68 Å². The van der Waals surface area contributed by atoms with E-state index in [1.165, 1.54) is 0 Å². The number of nitrogens with one attached hydrogen (secondary N) is 2. The van der Waals surface area contributed by atoms with Gasteiger partial charge in [-0.15, -0.1) is 10.0 Å². The molecule has 0 fully saturated rings. The van der Waals surface area contributed by atoms with E-state index in [0.29, 0.717) is 24.7 Å². The van der Waals surface area contributed by atoms with Crippen molar-refractivity contribution in [2.45, 2.75) is 6.54 Å². The van der Waals surface area contributed by atoms with Crippen LogP contribution in [-0.4, -0.2) is 33.5 Å². The lowest BCUT2D eigenvalue weighted by atomic mass is 10.3. The molecule has 0 atom stereocenters. The second kappa shape index (κ2) is 3.53. The molecule has 2 rings (SSSR count). The van der Waals surface area contributed by atoms with Crippen molar-refractivity contribution in [3.63, 3.8) is 0 Å². The van der Waals surface area contributed by atoms with Crippen molar-refractivity contribution in [2.75, 3.05) is 12.0 Å². The standard InChI is InChI=1S/C6H6N6O3/c13-5(10-15)6(14)12-3-1-7-2-8-4(3)9-11-12/h7-8H,1-2H2. The van der Waals surface area contributed by atoms with Crippen LogP contribution in [0.2, 0.25) is 0 Å². The molecular weight excluding hydrogens is 204 g/mol. The molecule has 1 amide bonds. The van der Waals surface area contributed by atoms with Gasteiger partial charge in [0.25, 0.3) is 0 Å². The predicted octanol–water partition coefficient (Wildman–Crippen LogP) is -1.32. The summed E-state index contributed by atoms with van der Waals surface area (Å²) in [4.78, 5) is 31.9. The fourth-order valence-corrected chi connectivity index (χ4v) is 1.22. The monoisotopic (exact) mass is 210 g/mol. The minimum atomic E-state index is -1.40. The highest BCUT2D eigenvalue weighted by Gasteiger charge is 2.25. The first-order valence-corrected chi connectivity index (χ1v) is 4.05. The van der Waals surface area contributed by atoms with Crippen LogP contribution in [0.3, 0.4) is 0 Å². The van der Waals surface area contributed by atoms with Gasteiger partial charge in [0.2, 0.25) is 0 Å². The van der Waals surface area contributed by atoms with Gasteiger partial charge in [-0.1, -0.05) is 5.21 Å². The van der Waals surface area contributed by atoms with E-state index in [1.807, 2.05) is 5.18 Å². The normalized spacial score (nSPS) is 13.9. The number of fused-ring (bicyclic) bond motifs is 1. The van der Waals surface area contributed by atoms with Crippen LogP contribution < -0.4 is 10.6 Å². The van der Waals surface area contributed by atoms with E-state index in [4.69, 9.17) is 0 Å². The molecule has 9 heteroatoms. The molecule has 0 aromatic carbocycles. The molecule has 0 bridgehead atoms. The number of nitrogens with zero attached hydrogens (tertiary/aromatic N) is 4. The molecule has 9 nitrogen and oxygen atoms in total. The van der Waals surface area contributed by atoms with Crippen molar-refractivity contribution < 1.29 is 9.59 Å². The average Bonchev–Trinajstić information content (AvgIpc) is 2.70. The summed E-state index contributed by atoms with van der Waals surface area (Å²) in [6.07, 6.45) is 0. The topological polar surface area (TPSA) is 118 Å². The molecule has 0 radical (unpaired) electrons. The lowest BCUT2D eigenvalue weighted by Gasteiger charge is -2.13. The van der Waals surface area contributed by atoms with Crippen LogP contribution in [0.15, 0.2) is 5.18 Å². The second-order valence-corrected chi connectivity index (χ2v) is 2.78. The molecule has 2 heterocycles. The minimum absolute atomic E-state index is 0.340. The fraction of sp³-hybridized carbons (Fsp3) is 0.333. The van der Waals surface area contributed by atoms with Crippen LogP contribution in [0.5, 0.6) is 0 Å². The van der Waals surface area contributed by atoms with E-state index in [2.05, 4.69) is 20.9 Å². The molecule has 1 aliphatic heterocycles. The Bertz CT molecular complexity index is 438. The van der Waals surface area contributed by atoms with Crippen molar-refractivity contribution in [1.82, 2.24) is 20.3 Å². The Morgan fingerprint density at radius 1 is 1.47 bits per heavy atom. The summed E-state index contributed by atoms with van der Waals surface area (Å²) in [5.41, 5.74) is 0.406. The van der Waals surface area contributed by atoms with Gasteiger partial charge in [0.05, 0.1) is 6.67 Å². The Morgan fingerprint density at radius 3 is 3.00 bits per heavy atom. The molecule has 0 spiro atoms. The highest BCUT2D eigenvalue weighted by molar-refractivity contribution is 6.36. The SMILES string of the molecule is O=NC(=O)C(=O)n1nnc2c1CNCN2. The van der Waals surface area contributed by atoms with Gasteiger partial charge in [0.15, 0.2) is 5.82 Å². The first-order valence-electron chi connectivity index (χ1n) is 4.05. The van der Waals surface area contributed by atoms with E-state index >= 15 is 0 Å². The number of aromatic nitrogens is 3. The molecule has 0 unspecified atom stereocenters. The maximum absolute atomic E-state index is 11.3. The summed E-state index contributed by atoms with van der Waals surface area (Å²) >= 11 is 0. The molecule has 1 aromatic rings. The van der Waals surface area contributed by atoms with Gasteiger partial charge in [-0.3, -0.25) is 14.9 Å². The van der Waals surface area contributed by atoms with E-state index in [-0.39, 0.29) is 0 Å². The average molecular weight is 210 g/mol. The summed E-state index contributed by atoms with van der Waals surface area (Å²) in [6, 6.07) is 0. The molecule has 0 aliphatic carbocycles. The zero-order valence-corrected chi connectivity index (χ0v) is 7.43. The van der Waals surface area contributed by atoms with Crippen LogP contribution in [-0.2, 0) is 11.3 Å². The number of carbonyl (C=O) groups excluding carboxylic acids is 2.